The van der Waals surface area contributed by atoms with Gasteiger partial charge >= 0.3 is 11.9 Å². The van der Waals surface area contributed by atoms with E-state index in [-0.39, 0.29) is 11.9 Å². The maximum absolute atomic E-state index is 11.1. The average Bonchev–Trinajstić information content (AvgIpc) is 2.56. The normalized spacial score (nSPS) is 14.5. The lowest BCUT2D eigenvalue weighted by Gasteiger charge is -2.22. The molecule has 2 rings (SSSR count). The minimum atomic E-state index is -0.245. The number of rotatable bonds is 3. The molecule has 0 heterocycles. The van der Waals surface area contributed by atoms with Crippen molar-refractivity contribution in [1.82, 2.24) is 0 Å². The van der Waals surface area contributed by atoms with Crippen LogP contribution in [0.25, 0.3) is 0 Å². The Labute approximate surface area is 132 Å². The lowest BCUT2D eigenvalue weighted by Crippen LogP contribution is -2.06. The molecule has 0 saturated heterocycles. The van der Waals surface area contributed by atoms with E-state index in [9.17, 15) is 9.59 Å². The highest BCUT2D eigenvalue weighted by molar-refractivity contribution is 5.72. The van der Waals surface area contributed by atoms with E-state index in [4.69, 9.17) is 0 Å². The quantitative estimate of drug-likeness (QED) is 0.800. The summed E-state index contributed by atoms with van der Waals surface area (Å²) in [5.41, 5.74) is 2.47. The number of ether oxygens (including phenoxy) is 2. The first-order valence-electron chi connectivity index (χ1n) is 7.77. The zero-order chi connectivity index (χ0) is 16.4. The monoisotopic (exact) mass is 306 g/mol. The Morgan fingerprint density at radius 1 is 1.00 bits per heavy atom. The molecule has 1 saturated carbocycles. The Morgan fingerprint density at radius 2 is 1.55 bits per heavy atom. The summed E-state index contributed by atoms with van der Waals surface area (Å²) in [4.78, 5) is 20.7. The fraction of sp³-hybridized carbons (Fsp3) is 0.556. The third-order valence-electron chi connectivity index (χ3n) is 3.92. The summed E-state index contributed by atoms with van der Waals surface area (Å²) in [7, 11) is 2.78. The number of carbonyl (C=O) groups is 2. The zero-order valence-electron chi connectivity index (χ0n) is 13.8. The van der Waals surface area contributed by atoms with Crippen LogP contribution in [-0.2, 0) is 25.5 Å². The van der Waals surface area contributed by atoms with Crippen LogP contribution in [0, 0.1) is 0 Å². The van der Waals surface area contributed by atoms with Crippen LogP contribution in [0.5, 0.6) is 0 Å². The van der Waals surface area contributed by atoms with Gasteiger partial charge in [-0.05, 0) is 29.9 Å². The molecule has 1 aromatic carbocycles. The van der Waals surface area contributed by atoms with Crippen LogP contribution in [0.3, 0.4) is 0 Å². The molecule has 1 fully saturated rings. The van der Waals surface area contributed by atoms with Crippen molar-refractivity contribution in [3.8, 4) is 0 Å². The van der Waals surface area contributed by atoms with Crippen LogP contribution in [0.4, 0.5) is 0 Å². The third kappa shape index (κ3) is 6.74. The first-order valence-corrected chi connectivity index (χ1v) is 7.77. The van der Waals surface area contributed by atoms with Crippen molar-refractivity contribution in [2.24, 2.45) is 0 Å². The molecular formula is C18H26O4. The molecule has 1 aliphatic rings. The van der Waals surface area contributed by atoms with Gasteiger partial charge in [-0.15, -0.1) is 0 Å². The van der Waals surface area contributed by atoms with Crippen molar-refractivity contribution in [2.45, 2.75) is 51.4 Å². The van der Waals surface area contributed by atoms with E-state index in [0.29, 0.717) is 6.42 Å². The number of carbonyl (C=O) groups excluding carboxylic acids is 2. The molecule has 0 unspecified atom stereocenters. The van der Waals surface area contributed by atoms with Gasteiger partial charge < -0.3 is 9.47 Å². The molecule has 0 atom stereocenters. The molecule has 4 nitrogen and oxygen atoms in total. The van der Waals surface area contributed by atoms with Crippen LogP contribution in [-0.4, -0.2) is 26.2 Å². The van der Waals surface area contributed by atoms with Gasteiger partial charge in [-0.25, -0.2) is 0 Å². The predicted molar refractivity (Wildman–Crippen MR) is 85.7 cm³/mol. The minimum absolute atomic E-state index is 0.171. The Balaban J connectivity index is 0.000000422. The van der Waals surface area contributed by atoms with Gasteiger partial charge in [-0.1, -0.05) is 43.5 Å². The second-order valence-corrected chi connectivity index (χ2v) is 5.53. The molecule has 22 heavy (non-hydrogen) atoms. The summed E-state index contributed by atoms with van der Waals surface area (Å²) in [5.74, 6) is 0.316. The van der Waals surface area contributed by atoms with E-state index in [1.807, 2.05) is 0 Å². The molecule has 122 valence electrons. The lowest BCUT2D eigenvalue weighted by atomic mass is 9.84. The molecule has 0 N–H and O–H groups in total. The number of methoxy groups -OCH3 is 2. The number of esters is 2. The van der Waals surface area contributed by atoms with Crippen molar-refractivity contribution in [1.29, 1.82) is 0 Å². The van der Waals surface area contributed by atoms with E-state index in [1.165, 1.54) is 58.8 Å². The molecule has 4 heteroatoms. The SMILES string of the molecule is COC(=O)Cc1ccc(C2CCCCC2)cc1.COC(C)=O. The first-order chi connectivity index (χ1) is 10.6. The molecular weight excluding hydrogens is 280 g/mol. The van der Waals surface area contributed by atoms with Crippen molar-refractivity contribution >= 4 is 11.9 Å². The van der Waals surface area contributed by atoms with Crippen LogP contribution < -0.4 is 0 Å². The third-order valence-corrected chi connectivity index (χ3v) is 3.92. The summed E-state index contributed by atoms with van der Waals surface area (Å²) >= 11 is 0. The average molecular weight is 306 g/mol. The Bertz CT molecular complexity index is 458. The van der Waals surface area contributed by atoms with E-state index < -0.39 is 0 Å². The summed E-state index contributed by atoms with van der Waals surface area (Å²) in [6.45, 7) is 1.36. The highest BCUT2D eigenvalue weighted by atomic mass is 16.5. The van der Waals surface area contributed by atoms with Crippen molar-refractivity contribution in [2.75, 3.05) is 14.2 Å². The van der Waals surface area contributed by atoms with E-state index in [0.717, 1.165) is 11.5 Å². The maximum atomic E-state index is 11.1. The van der Waals surface area contributed by atoms with Gasteiger partial charge in [0.1, 0.15) is 0 Å². The van der Waals surface area contributed by atoms with Crippen LogP contribution in [0.2, 0.25) is 0 Å². The summed E-state index contributed by atoms with van der Waals surface area (Å²) in [6, 6.07) is 8.46. The van der Waals surface area contributed by atoms with Crippen molar-refractivity contribution in [3.63, 3.8) is 0 Å². The van der Waals surface area contributed by atoms with Crippen molar-refractivity contribution < 1.29 is 19.1 Å². The Hall–Kier alpha value is -1.84. The Kier molecular flexibility index (Phi) is 8.26. The summed E-state index contributed by atoms with van der Waals surface area (Å²) in [5, 5.41) is 0. The second kappa shape index (κ2) is 9.98. The van der Waals surface area contributed by atoms with E-state index in [2.05, 4.69) is 33.7 Å². The summed E-state index contributed by atoms with van der Waals surface area (Å²) in [6.07, 6.45) is 7.11. The maximum Gasteiger partial charge on any atom is 0.309 e. The van der Waals surface area contributed by atoms with Crippen molar-refractivity contribution in [3.05, 3.63) is 35.4 Å². The number of hydrogen-bond donors (Lipinski definition) is 0. The highest BCUT2D eigenvalue weighted by Crippen LogP contribution is 2.32. The number of hydrogen-bond acceptors (Lipinski definition) is 4. The lowest BCUT2D eigenvalue weighted by molar-refractivity contribution is -0.140. The van der Waals surface area contributed by atoms with Gasteiger partial charge in [-0.2, -0.15) is 0 Å². The first kappa shape index (κ1) is 18.2. The van der Waals surface area contributed by atoms with Crippen LogP contribution in [0.1, 0.15) is 56.1 Å². The van der Waals surface area contributed by atoms with Crippen LogP contribution in [0.15, 0.2) is 24.3 Å². The molecule has 0 radical (unpaired) electrons. The van der Waals surface area contributed by atoms with Gasteiger partial charge in [0.05, 0.1) is 20.6 Å². The molecule has 1 aliphatic carbocycles. The fourth-order valence-electron chi connectivity index (χ4n) is 2.58. The molecule has 1 aromatic rings. The van der Waals surface area contributed by atoms with Gasteiger partial charge in [0.15, 0.2) is 0 Å². The van der Waals surface area contributed by atoms with Gasteiger partial charge in [-0.3, -0.25) is 9.59 Å². The zero-order valence-corrected chi connectivity index (χ0v) is 13.8. The number of benzene rings is 1. The molecule has 0 bridgehead atoms. The van der Waals surface area contributed by atoms with Gasteiger partial charge in [0.25, 0.3) is 0 Å². The van der Waals surface area contributed by atoms with E-state index in [1.54, 1.807) is 0 Å². The molecule has 0 spiro atoms. The predicted octanol–water partition coefficient (Wildman–Crippen LogP) is 3.63. The van der Waals surface area contributed by atoms with Crippen LogP contribution >= 0.6 is 0 Å². The smallest absolute Gasteiger partial charge is 0.309 e. The highest BCUT2D eigenvalue weighted by Gasteiger charge is 2.15. The largest absolute Gasteiger partial charge is 0.469 e. The second-order valence-electron chi connectivity index (χ2n) is 5.53. The fourth-order valence-corrected chi connectivity index (χ4v) is 2.58. The summed E-state index contributed by atoms with van der Waals surface area (Å²) < 4.78 is 8.77. The van der Waals surface area contributed by atoms with E-state index >= 15 is 0 Å². The topological polar surface area (TPSA) is 52.6 Å². The van der Waals surface area contributed by atoms with Gasteiger partial charge in [0, 0.05) is 6.92 Å². The van der Waals surface area contributed by atoms with Gasteiger partial charge in [0.2, 0.25) is 0 Å². The molecule has 0 amide bonds. The standard InChI is InChI=1S/C15H20O2.C3H6O2/c1-17-15(16)11-12-7-9-14(10-8-12)13-5-3-2-4-6-13;1-3(4)5-2/h7-10,13H,2-6,11H2,1H3;1-2H3. The minimum Gasteiger partial charge on any atom is -0.469 e. The Morgan fingerprint density at radius 3 is 2.00 bits per heavy atom. The molecule has 0 aromatic heterocycles. The molecule has 0 aliphatic heterocycles.